The first-order chi connectivity index (χ1) is 11.5. The van der Waals surface area contributed by atoms with E-state index in [2.05, 4.69) is 19.2 Å². The summed E-state index contributed by atoms with van der Waals surface area (Å²) in [6, 6.07) is 13.5. The highest BCUT2D eigenvalue weighted by atomic mass is 16.5. The molecule has 0 bridgehead atoms. The maximum atomic E-state index is 11.9. The Labute approximate surface area is 141 Å². The number of hydrogen-bond donors (Lipinski definition) is 1. The van der Waals surface area contributed by atoms with Crippen molar-refractivity contribution in [3.63, 3.8) is 0 Å². The number of nitrogens with one attached hydrogen (secondary N) is 1. The minimum Gasteiger partial charge on any atom is -0.545 e. The highest BCUT2D eigenvalue weighted by molar-refractivity contribution is 5.93. The maximum absolute atomic E-state index is 11.9. The van der Waals surface area contributed by atoms with E-state index in [1.165, 1.54) is 29.8 Å². The van der Waals surface area contributed by atoms with Crippen LogP contribution in [-0.4, -0.2) is 18.5 Å². The van der Waals surface area contributed by atoms with Gasteiger partial charge in [-0.25, -0.2) is 0 Å². The molecule has 5 heteroatoms. The number of aromatic carboxylic acids is 1. The van der Waals surface area contributed by atoms with Gasteiger partial charge in [-0.15, -0.1) is 0 Å². The van der Waals surface area contributed by atoms with Crippen LogP contribution in [0.2, 0.25) is 0 Å². The Bertz CT molecular complexity index is 692. The standard InChI is InChI=1S/C19H21NO4/c1-3-13(2)14-6-10-17(11-7-14)24-12-18(21)20-16-8-4-15(5-9-16)19(22)23/h4-11,13H,3,12H2,1-2H3,(H,20,21)(H,22,23)/p-1/t13-/m0/s1. The molecule has 2 aromatic carbocycles. The number of benzene rings is 2. The largest absolute Gasteiger partial charge is 0.545 e. The van der Waals surface area contributed by atoms with Gasteiger partial charge in [0.05, 0.1) is 5.97 Å². The van der Waals surface area contributed by atoms with E-state index in [0.29, 0.717) is 17.4 Å². The van der Waals surface area contributed by atoms with Crippen LogP contribution in [0.25, 0.3) is 0 Å². The number of rotatable bonds is 7. The summed E-state index contributed by atoms with van der Waals surface area (Å²) in [6.07, 6.45) is 1.07. The molecule has 1 atom stereocenters. The molecule has 1 N–H and O–H groups in total. The minimum atomic E-state index is -1.25. The van der Waals surface area contributed by atoms with E-state index in [0.717, 1.165) is 6.42 Å². The van der Waals surface area contributed by atoms with Crippen molar-refractivity contribution < 1.29 is 19.4 Å². The van der Waals surface area contributed by atoms with Gasteiger partial charge in [-0.2, -0.15) is 0 Å². The highest BCUT2D eigenvalue weighted by Gasteiger charge is 2.06. The molecule has 0 radical (unpaired) electrons. The summed E-state index contributed by atoms with van der Waals surface area (Å²) in [4.78, 5) is 22.5. The Morgan fingerprint density at radius 2 is 1.71 bits per heavy atom. The summed E-state index contributed by atoms with van der Waals surface area (Å²) >= 11 is 0. The van der Waals surface area contributed by atoms with E-state index in [1.807, 2.05) is 24.3 Å². The number of carboxylic acids is 1. The zero-order valence-electron chi connectivity index (χ0n) is 13.7. The van der Waals surface area contributed by atoms with Crippen LogP contribution in [0.4, 0.5) is 5.69 Å². The van der Waals surface area contributed by atoms with Crippen molar-refractivity contribution in [1.82, 2.24) is 0 Å². The molecule has 0 aliphatic carbocycles. The Morgan fingerprint density at radius 3 is 2.25 bits per heavy atom. The maximum Gasteiger partial charge on any atom is 0.262 e. The second kappa shape index (κ2) is 8.15. The van der Waals surface area contributed by atoms with Crippen LogP contribution in [0.15, 0.2) is 48.5 Å². The van der Waals surface area contributed by atoms with Gasteiger partial charge in [0.25, 0.3) is 5.91 Å². The Balaban J connectivity index is 1.85. The van der Waals surface area contributed by atoms with Crippen molar-refractivity contribution in [2.75, 3.05) is 11.9 Å². The molecule has 0 saturated carbocycles. The van der Waals surface area contributed by atoms with Gasteiger partial charge in [0.15, 0.2) is 6.61 Å². The lowest BCUT2D eigenvalue weighted by Gasteiger charge is -2.11. The van der Waals surface area contributed by atoms with E-state index >= 15 is 0 Å². The Kier molecular flexibility index (Phi) is 5.95. The first kappa shape index (κ1) is 17.5. The van der Waals surface area contributed by atoms with E-state index < -0.39 is 5.97 Å². The number of amides is 1. The fraction of sp³-hybridized carbons (Fsp3) is 0.263. The molecular weight excluding hydrogens is 306 g/mol. The molecule has 0 heterocycles. The van der Waals surface area contributed by atoms with E-state index in [9.17, 15) is 14.7 Å². The third-order valence-electron chi connectivity index (χ3n) is 3.84. The van der Waals surface area contributed by atoms with E-state index in [1.54, 1.807) is 0 Å². The predicted octanol–water partition coefficient (Wildman–Crippen LogP) is 2.58. The molecule has 0 fully saturated rings. The molecule has 2 aromatic rings. The van der Waals surface area contributed by atoms with Gasteiger partial charge in [0.1, 0.15) is 5.75 Å². The number of carbonyl (C=O) groups excluding carboxylic acids is 2. The molecule has 1 amide bonds. The first-order valence-corrected chi connectivity index (χ1v) is 7.83. The number of carbonyl (C=O) groups is 2. The fourth-order valence-electron chi connectivity index (χ4n) is 2.16. The Morgan fingerprint density at radius 1 is 1.08 bits per heavy atom. The number of ether oxygens (including phenoxy) is 1. The summed E-state index contributed by atoms with van der Waals surface area (Å²) in [7, 11) is 0. The van der Waals surface area contributed by atoms with E-state index in [-0.39, 0.29) is 18.1 Å². The monoisotopic (exact) mass is 326 g/mol. The van der Waals surface area contributed by atoms with E-state index in [4.69, 9.17) is 4.74 Å². The van der Waals surface area contributed by atoms with Crippen LogP contribution in [0.5, 0.6) is 5.75 Å². The third kappa shape index (κ3) is 4.84. The minimum absolute atomic E-state index is 0.0608. The van der Waals surface area contributed by atoms with Gasteiger partial charge in [-0.3, -0.25) is 4.79 Å². The van der Waals surface area contributed by atoms with Crippen LogP contribution in [-0.2, 0) is 4.79 Å². The van der Waals surface area contributed by atoms with Crippen LogP contribution in [0.3, 0.4) is 0 Å². The molecular formula is C19H20NO4-. The zero-order chi connectivity index (χ0) is 17.5. The van der Waals surface area contributed by atoms with Gasteiger partial charge in [-0.1, -0.05) is 38.1 Å². The van der Waals surface area contributed by atoms with Crippen molar-refractivity contribution in [2.24, 2.45) is 0 Å². The fourth-order valence-corrected chi connectivity index (χ4v) is 2.16. The average molecular weight is 326 g/mol. The molecule has 126 valence electrons. The molecule has 0 spiro atoms. The zero-order valence-corrected chi connectivity index (χ0v) is 13.7. The van der Waals surface area contributed by atoms with Gasteiger partial charge < -0.3 is 20.0 Å². The molecule has 0 aromatic heterocycles. The third-order valence-corrected chi connectivity index (χ3v) is 3.84. The highest BCUT2D eigenvalue weighted by Crippen LogP contribution is 2.21. The van der Waals surface area contributed by atoms with Gasteiger partial charge in [0.2, 0.25) is 0 Å². The summed E-state index contributed by atoms with van der Waals surface area (Å²) in [6.45, 7) is 4.18. The van der Waals surface area contributed by atoms with Crippen molar-refractivity contribution in [3.05, 3.63) is 59.7 Å². The molecule has 0 aliphatic heterocycles. The summed E-state index contributed by atoms with van der Waals surface area (Å²) in [5, 5.41) is 13.3. The van der Waals surface area contributed by atoms with Gasteiger partial charge in [0, 0.05) is 5.69 Å². The smallest absolute Gasteiger partial charge is 0.262 e. The van der Waals surface area contributed by atoms with Gasteiger partial charge in [-0.05, 0) is 47.7 Å². The second-order valence-corrected chi connectivity index (χ2v) is 5.58. The molecule has 0 unspecified atom stereocenters. The van der Waals surface area contributed by atoms with Gasteiger partial charge >= 0.3 is 0 Å². The van der Waals surface area contributed by atoms with Crippen LogP contribution < -0.4 is 15.2 Å². The van der Waals surface area contributed by atoms with Crippen molar-refractivity contribution in [1.29, 1.82) is 0 Å². The van der Waals surface area contributed by atoms with Crippen molar-refractivity contribution >= 4 is 17.6 Å². The molecule has 0 saturated heterocycles. The molecule has 0 aliphatic rings. The van der Waals surface area contributed by atoms with Crippen LogP contribution in [0, 0.1) is 0 Å². The van der Waals surface area contributed by atoms with Crippen molar-refractivity contribution in [2.45, 2.75) is 26.2 Å². The molecule has 2 rings (SSSR count). The molecule has 5 nitrogen and oxygen atoms in total. The quantitative estimate of drug-likeness (QED) is 0.848. The first-order valence-electron chi connectivity index (χ1n) is 7.83. The lowest BCUT2D eigenvalue weighted by atomic mass is 9.99. The summed E-state index contributed by atoms with van der Waals surface area (Å²) in [5.74, 6) is -0.449. The van der Waals surface area contributed by atoms with Crippen LogP contribution in [0.1, 0.15) is 42.1 Å². The number of anilines is 1. The normalized spacial score (nSPS) is 11.6. The average Bonchev–Trinajstić information content (AvgIpc) is 2.60. The topological polar surface area (TPSA) is 78.5 Å². The number of carboxylic acid groups (broad SMARTS) is 1. The molecule has 24 heavy (non-hydrogen) atoms. The SMILES string of the molecule is CC[C@H](C)c1ccc(OCC(=O)Nc2ccc(C(=O)[O-])cc2)cc1. The Hall–Kier alpha value is -2.82. The second-order valence-electron chi connectivity index (χ2n) is 5.58. The van der Waals surface area contributed by atoms with Crippen LogP contribution >= 0.6 is 0 Å². The predicted molar refractivity (Wildman–Crippen MR) is 90.0 cm³/mol. The number of hydrogen-bond acceptors (Lipinski definition) is 4. The lowest BCUT2D eigenvalue weighted by molar-refractivity contribution is -0.255. The lowest BCUT2D eigenvalue weighted by Crippen LogP contribution is -2.22. The summed E-state index contributed by atoms with van der Waals surface area (Å²) < 4.78 is 5.45. The summed E-state index contributed by atoms with van der Waals surface area (Å²) in [5.41, 5.74) is 1.80. The van der Waals surface area contributed by atoms with Crippen molar-refractivity contribution in [3.8, 4) is 5.75 Å².